The summed E-state index contributed by atoms with van der Waals surface area (Å²) in [5, 5.41) is 18.7. The molecule has 0 unspecified atom stereocenters. The van der Waals surface area contributed by atoms with Gasteiger partial charge in [0.25, 0.3) is 0 Å². The average molecular weight is 315 g/mol. The molecule has 0 atom stereocenters. The van der Waals surface area contributed by atoms with Gasteiger partial charge in [-0.15, -0.1) is 0 Å². The molecule has 0 radical (unpaired) electrons. The highest BCUT2D eigenvalue weighted by Gasteiger charge is 2.25. The molecule has 0 spiro atoms. The van der Waals surface area contributed by atoms with E-state index in [1.807, 2.05) is 6.07 Å². The van der Waals surface area contributed by atoms with Gasteiger partial charge < -0.3 is 15.1 Å². The second kappa shape index (κ2) is 6.50. The van der Waals surface area contributed by atoms with E-state index in [2.05, 4.69) is 25.8 Å². The van der Waals surface area contributed by atoms with Crippen molar-refractivity contribution in [3.05, 3.63) is 22.3 Å². The third-order valence-corrected chi connectivity index (χ3v) is 3.89. The summed E-state index contributed by atoms with van der Waals surface area (Å²) in [6.45, 7) is 0.655. The van der Waals surface area contributed by atoms with Crippen LogP contribution in [0.25, 0.3) is 0 Å². The summed E-state index contributed by atoms with van der Waals surface area (Å²) in [6.07, 6.45) is 6.49. The molecule has 2 rings (SSSR count). The molecule has 18 heavy (non-hydrogen) atoms. The van der Waals surface area contributed by atoms with Crippen LogP contribution in [-0.4, -0.2) is 34.4 Å². The van der Waals surface area contributed by atoms with Gasteiger partial charge >= 0.3 is 0 Å². The summed E-state index contributed by atoms with van der Waals surface area (Å²) < 4.78 is 0.866. The van der Waals surface area contributed by atoms with Crippen LogP contribution in [0.2, 0.25) is 0 Å². The van der Waals surface area contributed by atoms with Crippen LogP contribution < -0.4 is 4.90 Å². The first-order chi connectivity index (χ1) is 8.76. The predicted octanol–water partition coefficient (Wildman–Crippen LogP) is 2.08. The van der Waals surface area contributed by atoms with Crippen molar-refractivity contribution in [3.63, 3.8) is 0 Å². The predicted molar refractivity (Wildman–Crippen MR) is 74.5 cm³/mol. The third kappa shape index (κ3) is 3.02. The van der Waals surface area contributed by atoms with Gasteiger partial charge in [-0.05, 0) is 34.8 Å². The number of nitrogens with zero attached hydrogens (tertiary/aromatic N) is 2. The van der Waals surface area contributed by atoms with E-state index in [1.54, 1.807) is 6.20 Å². The van der Waals surface area contributed by atoms with Crippen LogP contribution in [0, 0.1) is 0 Å². The first kappa shape index (κ1) is 13.8. The van der Waals surface area contributed by atoms with Crippen molar-refractivity contribution in [3.8, 4) is 0 Å². The fraction of sp³-hybridized carbons (Fsp3) is 0.615. The van der Waals surface area contributed by atoms with Gasteiger partial charge in [-0.1, -0.05) is 12.8 Å². The molecule has 4 nitrogen and oxygen atoms in total. The van der Waals surface area contributed by atoms with E-state index in [1.165, 1.54) is 12.8 Å². The van der Waals surface area contributed by atoms with Crippen molar-refractivity contribution in [2.75, 3.05) is 18.1 Å². The summed E-state index contributed by atoms with van der Waals surface area (Å²) >= 11 is 3.37. The van der Waals surface area contributed by atoms with E-state index in [0.29, 0.717) is 12.6 Å². The number of anilines is 1. The Kier molecular flexibility index (Phi) is 4.97. The monoisotopic (exact) mass is 314 g/mol. The molecule has 0 aromatic carbocycles. The molecule has 0 amide bonds. The van der Waals surface area contributed by atoms with Crippen LogP contribution in [0.1, 0.15) is 31.2 Å². The van der Waals surface area contributed by atoms with Gasteiger partial charge in [0.1, 0.15) is 5.82 Å². The van der Waals surface area contributed by atoms with E-state index in [-0.39, 0.29) is 13.2 Å². The molecule has 0 saturated heterocycles. The molecule has 5 heteroatoms. The van der Waals surface area contributed by atoms with Crippen molar-refractivity contribution in [1.29, 1.82) is 0 Å². The van der Waals surface area contributed by atoms with E-state index in [4.69, 9.17) is 0 Å². The first-order valence-corrected chi connectivity index (χ1v) is 7.18. The maximum absolute atomic E-state index is 9.45. The number of hydrogen-bond donors (Lipinski definition) is 2. The van der Waals surface area contributed by atoms with Crippen LogP contribution >= 0.6 is 15.9 Å². The van der Waals surface area contributed by atoms with E-state index in [0.717, 1.165) is 28.7 Å². The molecule has 1 saturated carbocycles. The Labute approximate surface area is 116 Å². The Morgan fingerprint density at radius 3 is 2.67 bits per heavy atom. The number of hydrogen-bond acceptors (Lipinski definition) is 4. The molecule has 0 bridgehead atoms. The van der Waals surface area contributed by atoms with Gasteiger partial charge in [0.2, 0.25) is 0 Å². The summed E-state index contributed by atoms with van der Waals surface area (Å²) in [5.41, 5.74) is 0.810. The smallest absolute Gasteiger partial charge is 0.134 e. The molecule has 1 aliphatic rings. The number of aliphatic hydroxyl groups is 2. The maximum atomic E-state index is 9.45. The van der Waals surface area contributed by atoms with Crippen molar-refractivity contribution in [2.24, 2.45) is 0 Å². The molecular weight excluding hydrogens is 296 g/mol. The Balaban J connectivity index is 2.28. The summed E-state index contributed by atoms with van der Waals surface area (Å²) in [4.78, 5) is 6.56. The van der Waals surface area contributed by atoms with Gasteiger partial charge in [0.15, 0.2) is 0 Å². The Morgan fingerprint density at radius 1 is 1.33 bits per heavy atom. The molecule has 1 heterocycles. The van der Waals surface area contributed by atoms with Gasteiger partial charge in [-0.2, -0.15) is 0 Å². The topological polar surface area (TPSA) is 56.6 Å². The summed E-state index contributed by atoms with van der Waals surface area (Å²) in [5.74, 6) is 0.807. The largest absolute Gasteiger partial charge is 0.395 e. The van der Waals surface area contributed by atoms with Gasteiger partial charge in [0.05, 0.1) is 13.2 Å². The molecule has 1 aromatic rings. The van der Waals surface area contributed by atoms with Crippen LogP contribution in [0.4, 0.5) is 5.82 Å². The second-order valence-electron chi connectivity index (χ2n) is 4.65. The maximum Gasteiger partial charge on any atom is 0.134 e. The number of aliphatic hydroxyl groups excluding tert-OH is 2. The zero-order valence-electron chi connectivity index (χ0n) is 10.3. The highest BCUT2D eigenvalue weighted by Crippen LogP contribution is 2.30. The minimum atomic E-state index is -0.0313. The van der Waals surface area contributed by atoms with E-state index in [9.17, 15) is 10.2 Å². The molecule has 0 aliphatic heterocycles. The van der Waals surface area contributed by atoms with Gasteiger partial charge in [0, 0.05) is 28.8 Å². The van der Waals surface area contributed by atoms with Crippen LogP contribution in [0.15, 0.2) is 16.7 Å². The standard InChI is InChI=1S/C13H19BrN2O2/c14-11-7-10(9-18)13(15-8-11)16(5-6-17)12-3-1-2-4-12/h7-8,12,17-18H,1-6,9H2. The lowest BCUT2D eigenvalue weighted by molar-refractivity contribution is 0.279. The molecular formula is C13H19BrN2O2. The number of halogens is 1. The third-order valence-electron chi connectivity index (χ3n) is 3.46. The first-order valence-electron chi connectivity index (χ1n) is 6.39. The highest BCUT2D eigenvalue weighted by molar-refractivity contribution is 9.10. The molecule has 100 valence electrons. The van der Waals surface area contributed by atoms with Gasteiger partial charge in [-0.25, -0.2) is 4.98 Å². The van der Waals surface area contributed by atoms with Crippen LogP contribution in [0.5, 0.6) is 0 Å². The second-order valence-corrected chi connectivity index (χ2v) is 5.57. The fourth-order valence-corrected chi connectivity index (χ4v) is 3.01. The number of rotatable bonds is 5. The average Bonchev–Trinajstić information content (AvgIpc) is 2.90. The minimum absolute atomic E-state index is 0.0313. The van der Waals surface area contributed by atoms with Crippen molar-refractivity contribution < 1.29 is 10.2 Å². The number of pyridine rings is 1. The quantitative estimate of drug-likeness (QED) is 0.873. The summed E-state index contributed by atoms with van der Waals surface area (Å²) in [7, 11) is 0. The molecule has 2 N–H and O–H groups in total. The lowest BCUT2D eigenvalue weighted by Crippen LogP contribution is -2.37. The SMILES string of the molecule is OCCN(c1ncc(Br)cc1CO)C1CCCC1. The minimum Gasteiger partial charge on any atom is -0.395 e. The van der Waals surface area contributed by atoms with E-state index < -0.39 is 0 Å². The van der Waals surface area contributed by atoms with E-state index >= 15 is 0 Å². The Hall–Kier alpha value is -0.650. The molecule has 1 aliphatic carbocycles. The lowest BCUT2D eigenvalue weighted by atomic mass is 10.1. The number of aromatic nitrogens is 1. The fourth-order valence-electron chi connectivity index (χ4n) is 2.63. The zero-order chi connectivity index (χ0) is 13.0. The van der Waals surface area contributed by atoms with Crippen LogP contribution in [-0.2, 0) is 6.61 Å². The summed E-state index contributed by atoms with van der Waals surface area (Å²) in [6, 6.07) is 2.33. The van der Waals surface area contributed by atoms with Gasteiger partial charge in [-0.3, -0.25) is 0 Å². The van der Waals surface area contributed by atoms with Crippen molar-refractivity contribution in [2.45, 2.75) is 38.3 Å². The van der Waals surface area contributed by atoms with Crippen molar-refractivity contribution >= 4 is 21.7 Å². The van der Waals surface area contributed by atoms with Crippen molar-refractivity contribution in [1.82, 2.24) is 4.98 Å². The van der Waals surface area contributed by atoms with Crippen LogP contribution in [0.3, 0.4) is 0 Å². The lowest BCUT2D eigenvalue weighted by Gasteiger charge is -2.31. The Bertz CT molecular complexity index is 395. The zero-order valence-corrected chi connectivity index (χ0v) is 11.9. The highest BCUT2D eigenvalue weighted by atomic mass is 79.9. The Morgan fingerprint density at radius 2 is 2.06 bits per heavy atom. The normalized spacial score (nSPS) is 16.2. The molecule has 1 aromatic heterocycles. The molecule has 1 fully saturated rings.